The van der Waals surface area contributed by atoms with Crippen LogP contribution in [0.15, 0.2) is 16.9 Å². The van der Waals surface area contributed by atoms with Crippen LogP contribution in [0, 0.1) is 0 Å². The predicted molar refractivity (Wildman–Crippen MR) is 115 cm³/mol. The summed E-state index contributed by atoms with van der Waals surface area (Å²) in [5, 5.41) is 0. The first-order valence-electron chi connectivity index (χ1n) is 11.3. The van der Waals surface area contributed by atoms with Crippen LogP contribution in [0.1, 0.15) is 101 Å². The lowest BCUT2D eigenvalue weighted by Crippen LogP contribution is -2.30. The third-order valence-corrected chi connectivity index (χ3v) is 5.99. The lowest BCUT2D eigenvalue weighted by Gasteiger charge is -2.27. The van der Waals surface area contributed by atoms with E-state index >= 15 is 0 Å². The van der Waals surface area contributed by atoms with E-state index in [1.807, 2.05) is 0 Å². The number of nitrogens with two attached hydrogens (primary N) is 2. The highest BCUT2D eigenvalue weighted by Gasteiger charge is 2.20. The number of hydrogen-bond donors (Lipinski definition) is 2. The van der Waals surface area contributed by atoms with E-state index in [0.717, 1.165) is 51.5 Å². The molecule has 1 aromatic heterocycles. The Bertz CT molecular complexity index is 594. The standard InChI is InChI=1S/C23H41N3O/c1-19(25)11-5-3-2-4-6-13-21(14-9-10-18-24)26-22-15-8-7-12-20(22)16-17-23(26)27/h16-17,19,21H,2-15,18,24-25H2,1H3. The van der Waals surface area contributed by atoms with Crippen molar-refractivity contribution in [2.75, 3.05) is 6.54 Å². The lowest BCUT2D eigenvalue weighted by atomic mass is 9.93. The predicted octanol–water partition coefficient (Wildman–Crippen LogP) is 4.48. The van der Waals surface area contributed by atoms with Gasteiger partial charge in [-0.05, 0) is 70.4 Å². The van der Waals surface area contributed by atoms with Crippen LogP contribution in [0.3, 0.4) is 0 Å². The molecule has 2 atom stereocenters. The molecule has 1 aromatic rings. The van der Waals surface area contributed by atoms with Gasteiger partial charge < -0.3 is 16.0 Å². The Balaban J connectivity index is 1.95. The SMILES string of the molecule is CC(N)CCCCCCCC(CCCCN)n1c2c(ccc1=O)CCCC2. The highest BCUT2D eigenvalue weighted by Crippen LogP contribution is 2.27. The van der Waals surface area contributed by atoms with Gasteiger partial charge in [0.15, 0.2) is 0 Å². The van der Waals surface area contributed by atoms with E-state index in [0.29, 0.717) is 12.1 Å². The van der Waals surface area contributed by atoms with Gasteiger partial charge in [-0.15, -0.1) is 0 Å². The van der Waals surface area contributed by atoms with Crippen LogP contribution in [0.5, 0.6) is 0 Å². The number of unbranched alkanes of at least 4 members (excludes halogenated alkanes) is 5. The van der Waals surface area contributed by atoms with Gasteiger partial charge in [0.05, 0.1) is 0 Å². The maximum Gasteiger partial charge on any atom is 0.250 e. The molecule has 0 spiro atoms. The zero-order chi connectivity index (χ0) is 19.5. The number of rotatable bonds is 13. The molecule has 4 N–H and O–H groups in total. The molecule has 4 nitrogen and oxygen atoms in total. The molecule has 154 valence electrons. The molecule has 2 unspecified atom stereocenters. The Morgan fingerprint density at radius 1 is 0.926 bits per heavy atom. The van der Waals surface area contributed by atoms with Crippen LogP contribution in [-0.2, 0) is 12.8 Å². The van der Waals surface area contributed by atoms with Gasteiger partial charge in [-0.3, -0.25) is 4.79 Å². The van der Waals surface area contributed by atoms with Crippen molar-refractivity contribution in [3.63, 3.8) is 0 Å². The largest absolute Gasteiger partial charge is 0.330 e. The number of fused-ring (bicyclic) bond motifs is 1. The summed E-state index contributed by atoms with van der Waals surface area (Å²) >= 11 is 0. The molecule has 0 saturated heterocycles. The van der Waals surface area contributed by atoms with Crippen LogP contribution < -0.4 is 17.0 Å². The van der Waals surface area contributed by atoms with Gasteiger partial charge in [0.1, 0.15) is 0 Å². The molecule has 1 heterocycles. The summed E-state index contributed by atoms with van der Waals surface area (Å²) < 4.78 is 2.17. The summed E-state index contributed by atoms with van der Waals surface area (Å²) in [4.78, 5) is 12.7. The van der Waals surface area contributed by atoms with Crippen LogP contribution in [0.2, 0.25) is 0 Å². The molecule has 0 amide bonds. The number of aryl methyl sites for hydroxylation is 1. The van der Waals surface area contributed by atoms with Gasteiger partial charge >= 0.3 is 0 Å². The molecule has 0 saturated carbocycles. The van der Waals surface area contributed by atoms with Crippen LogP contribution in [0.4, 0.5) is 0 Å². The van der Waals surface area contributed by atoms with Crippen molar-refractivity contribution in [2.45, 2.75) is 109 Å². The molecule has 4 heteroatoms. The van der Waals surface area contributed by atoms with Crippen molar-refractivity contribution in [3.8, 4) is 0 Å². The topological polar surface area (TPSA) is 74.0 Å². The fourth-order valence-electron chi connectivity index (χ4n) is 4.46. The molecule has 1 aliphatic carbocycles. The Hall–Kier alpha value is -1.13. The fourth-order valence-corrected chi connectivity index (χ4v) is 4.46. The molecule has 0 radical (unpaired) electrons. The Morgan fingerprint density at radius 3 is 2.26 bits per heavy atom. The smallest absolute Gasteiger partial charge is 0.250 e. The zero-order valence-electron chi connectivity index (χ0n) is 17.4. The quantitative estimate of drug-likeness (QED) is 0.499. The highest BCUT2D eigenvalue weighted by atomic mass is 16.1. The molecule has 0 aromatic carbocycles. The minimum Gasteiger partial charge on any atom is -0.330 e. The second-order valence-electron chi connectivity index (χ2n) is 8.48. The van der Waals surface area contributed by atoms with Gasteiger partial charge in [-0.25, -0.2) is 0 Å². The van der Waals surface area contributed by atoms with E-state index in [9.17, 15) is 4.79 Å². The second kappa shape index (κ2) is 12.4. The van der Waals surface area contributed by atoms with Gasteiger partial charge in [-0.1, -0.05) is 44.6 Å². The van der Waals surface area contributed by atoms with Crippen LogP contribution in [-0.4, -0.2) is 17.2 Å². The van der Waals surface area contributed by atoms with Gasteiger partial charge in [0, 0.05) is 23.8 Å². The highest BCUT2D eigenvalue weighted by molar-refractivity contribution is 5.24. The van der Waals surface area contributed by atoms with Crippen molar-refractivity contribution >= 4 is 0 Å². The normalized spacial score (nSPS) is 16.1. The van der Waals surface area contributed by atoms with E-state index in [1.54, 1.807) is 6.07 Å². The summed E-state index contributed by atoms with van der Waals surface area (Å²) in [6, 6.07) is 4.55. The van der Waals surface area contributed by atoms with Gasteiger partial charge in [0.2, 0.25) is 0 Å². The van der Waals surface area contributed by atoms with Crippen molar-refractivity contribution in [3.05, 3.63) is 33.7 Å². The maximum absolute atomic E-state index is 12.7. The minimum atomic E-state index is 0.199. The maximum atomic E-state index is 12.7. The van der Waals surface area contributed by atoms with E-state index in [-0.39, 0.29) is 5.56 Å². The molecule has 27 heavy (non-hydrogen) atoms. The first kappa shape index (κ1) is 22.2. The monoisotopic (exact) mass is 375 g/mol. The third kappa shape index (κ3) is 7.42. The number of hydrogen-bond acceptors (Lipinski definition) is 3. The van der Waals surface area contributed by atoms with E-state index in [4.69, 9.17) is 11.5 Å². The van der Waals surface area contributed by atoms with Crippen molar-refractivity contribution in [1.29, 1.82) is 0 Å². The average molecular weight is 376 g/mol. The lowest BCUT2D eigenvalue weighted by molar-refractivity contribution is 0.374. The Morgan fingerprint density at radius 2 is 1.56 bits per heavy atom. The molecule has 0 bridgehead atoms. The molecule has 1 aliphatic rings. The number of aromatic nitrogens is 1. The van der Waals surface area contributed by atoms with Crippen LogP contribution >= 0.6 is 0 Å². The van der Waals surface area contributed by atoms with E-state index < -0.39 is 0 Å². The molecular formula is C23H41N3O. The number of pyridine rings is 1. The summed E-state index contributed by atoms with van der Waals surface area (Å²) in [5.41, 5.74) is 14.5. The van der Waals surface area contributed by atoms with Gasteiger partial charge in [-0.2, -0.15) is 0 Å². The minimum absolute atomic E-state index is 0.199. The fraction of sp³-hybridized carbons (Fsp3) is 0.783. The van der Waals surface area contributed by atoms with Crippen molar-refractivity contribution < 1.29 is 0 Å². The molecule has 0 fully saturated rings. The first-order chi connectivity index (χ1) is 13.1. The van der Waals surface area contributed by atoms with E-state index in [1.165, 1.54) is 56.2 Å². The van der Waals surface area contributed by atoms with E-state index in [2.05, 4.69) is 17.6 Å². The summed E-state index contributed by atoms with van der Waals surface area (Å²) in [7, 11) is 0. The summed E-state index contributed by atoms with van der Waals surface area (Å²) in [6.45, 7) is 2.83. The first-order valence-corrected chi connectivity index (χ1v) is 11.3. The summed E-state index contributed by atoms with van der Waals surface area (Å²) in [6.07, 6.45) is 16.4. The average Bonchev–Trinajstić information content (AvgIpc) is 2.66. The van der Waals surface area contributed by atoms with Crippen LogP contribution in [0.25, 0.3) is 0 Å². The number of nitrogens with zero attached hydrogens (tertiary/aromatic N) is 1. The van der Waals surface area contributed by atoms with Crippen molar-refractivity contribution in [2.24, 2.45) is 11.5 Å². The van der Waals surface area contributed by atoms with Gasteiger partial charge in [0.25, 0.3) is 5.56 Å². The second-order valence-corrected chi connectivity index (χ2v) is 8.48. The Labute approximate surface area is 165 Å². The van der Waals surface area contributed by atoms with Crippen molar-refractivity contribution in [1.82, 2.24) is 4.57 Å². The molecule has 0 aliphatic heterocycles. The Kier molecular flexibility index (Phi) is 10.1. The summed E-state index contributed by atoms with van der Waals surface area (Å²) in [5.74, 6) is 0. The third-order valence-electron chi connectivity index (χ3n) is 5.99. The molecule has 2 rings (SSSR count). The molecular weight excluding hydrogens is 334 g/mol. The zero-order valence-corrected chi connectivity index (χ0v) is 17.4.